The van der Waals surface area contributed by atoms with Crippen molar-refractivity contribution in [3.05, 3.63) is 28.2 Å². The summed E-state index contributed by atoms with van der Waals surface area (Å²) in [6.45, 7) is 2.06. The van der Waals surface area contributed by atoms with Crippen molar-refractivity contribution in [1.82, 2.24) is 19.5 Å². The summed E-state index contributed by atoms with van der Waals surface area (Å²) in [7, 11) is -3.14. The zero-order chi connectivity index (χ0) is 18.4. The zero-order valence-corrected chi connectivity index (χ0v) is 17.5. The van der Waals surface area contributed by atoms with E-state index in [1.165, 1.54) is 37.0 Å². The standard InChI is InChI=1S/C17H26N4O2S3/c1-2-26(22,23)18-10-12-25-17-20-19-16(13-15-9-6-11-24-15)21(17)14-7-4-3-5-8-14/h6,9,11,14,18H,2-5,7-8,10,12-13H2,1H3. The highest BCUT2D eigenvalue weighted by atomic mass is 32.2. The molecule has 1 saturated carbocycles. The quantitative estimate of drug-likeness (QED) is 0.502. The van der Waals surface area contributed by atoms with Gasteiger partial charge in [-0.15, -0.1) is 21.5 Å². The van der Waals surface area contributed by atoms with Crippen molar-refractivity contribution in [2.45, 2.75) is 56.6 Å². The number of rotatable bonds is 9. The summed E-state index contributed by atoms with van der Waals surface area (Å²) in [6.07, 6.45) is 6.96. The van der Waals surface area contributed by atoms with Crippen LogP contribution in [0.5, 0.6) is 0 Å². The second kappa shape index (κ2) is 9.34. The molecule has 1 aliphatic carbocycles. The minimum absolute atomic E-state index is 0.112. The Labute approximate surface area is 163 Å². The lowest BCUT2D eigenvalue weighted by atomic mass is 9.95. The predicted octanol–water partition coefficient (Wildman–Crippen LogP) is 3.47. The zero-order valence-electron chi connectivity index (χ0n) is 15.1. The van der Waals surface area contributed by atoms with Crippen LogP contribution in [0.4, 0.5) is 0 Å². The van der Waals surface area contributed by atoms with Gasteiger partial charge in [0.2, 0.25) is 10.0 Å². The largest absolute Gasteiger partial charge is 0.303 e. The van der Waals surface area contributed by atoms with Gasteiger partial charge in [-0.3, -0.25) is 0 Å². The number of thiophene rings is 1. The Bertz CT molecular complexity index is 781. The predicted molar refractivity (Wildman–Crippen MR) is 107 cm³/mol. The van der Waals surface area contributed by atoms with Gasteiger partial charge in [0.25, 0.3) is 0 Å². The molecule has 0 atom stereocenters. The molecular formula is C17H26N4O2S3. The number of thioether (sulfide) groups is 1. The van der Waals surface area contributed by atoms with Gasteiger partial charge in [0.1, 0.15) is 5.82 Å². The van der Waals surface area contributed by atoms with E-state index in [0.717, 1.165) is 17.4 Å². The van der Waals surface area contributed by atoms with Crippen LogP contribution >= 0.6 is 23.1 Å². The van der Waals surface area contributed by atoms with Gasteiger partial charge in [0, 0.05) is 29.6 Å². The van der Waals surface area contributed by atoms with Gasteiger partial charge >= 0.3 is 0 Å². The molecule has 6 nitrogen and oxygen atoms in total. The molecule has 0 amide bonds. The summed E-state index contributed by atoms with van der Waals surface area (Å²) in [5, 5.41) is 11.9. The smallest absolute Gasteiger partial charge is 0.211 e. The number of hydrogen-bond donors (Lipinski definition) is 1. The van der Waals surface area contributed by atoms with Gasteiger partial charge in [0.05, 0.1) is 5.75 Å². The van der Waals surface area contributed by atoms with Crippen molar-refractivity contribution in [1.29, 1.82) is 0 Å². The van der Waals surface area contributed by atoms with Crippen molar-refractivity contribution in [2.75, 3.05) is 18.1 Å². The van der Waals surface area contributed by atoms with E-state index in [1.54, 1.807) is 30.0 Å². The monoisotopic (exact) mass is 414 g/mol. The van der Waals surface area contributed by atoms with Crippen LogP contribution in [0.15, 0.2) is 22.7 Å². The summed E-state index contributed by atoms with van der Waals surface area (Å²) in [6, 6.07) is 4.66. The Hall–Kier alpha value is -0.900. The molecular weight excluding hydrogens is 388 g/mol. The van der Waals surface area contributed by atoms with Crippen LogP contribution in [-0.2, 0) is 16.4 Å². The third kappa shape index (κ3) is 5.31. The fourth-order valence-electron chi connectivity index (χ4n) is 3.24. The number of hydrogen-bond acceptors (Lipinski definition) is 6. The van der Waals surface area contributed by atoms with E-state index in [4.69, 9.17) is 0 Å². The van der Waals surface area contributed by atoms with E-state index in [9.17, 15) is 8.42 Å². The molecule has 0 bridgehead atoms. The topological polar surface area (TPSA) is 76.9 Å². The molecule has 9 heteroatoms. The lowest BCUT2D eigenvalue weighted by Gasteiger charge is -2.25. The first kappa shape index (κ1) is 19.9. The molecule has 0 aliphatic heterocycles. The molecule has 144 valence electrons. The van der Waals surface area contributed by atoms with Gasteiger partial charge in [-0.25, -0.2) is 13.1 Å². The van der Waals surface area contributed by atoms with Crippen LogP contribution in [-0.4, -0.2) is 41.2 Å². The maximum Gasteiger partial charge on any atom is 0.211 e. The van der Waals surface area contributed by atoms with Crippen LogP contribution in [0.3, 0.4) is 0 Å². The first-order chi connectivity index (χ1) is 12.6. The summed E-state index contributed by atoms with van der Waals surface area (Å²) in [5.74, 6) is 1.79. The molecule has 0 saturated heterocycles. The van der Waals surface area contributed by atoms with Crippen molar-refractivity contribution in [2.24, 2.45) is 0 Å². The molecule has 1 aliphatic rings. The maximum absolute atomic E-state index is 11.6. The summed E-state index contributed by atoms with van der Waals surface area (Å²) in [4.78, 5) is 1.29. The molecule has 0 unspecified atom stereocenters. The van der Waals surface area contributed by atoms with Crippen LogP contribution < -0.4 is 4.72 Å². The van der Waals surface area contributed by atoms with E-state index in [1.807, 2.05) is 0 Å². The first-order valence-electron chi connectivity index (χ1n) is 9.15. The van der Waals surface area contributed by atoms with Gasteiger partial charge in [-0.2, -0.15) is 0 Å². The minimum Gasteiger partial charge on any atom is -0.303 e. The van der Waals surface area contributed by atoms with Crippen LogP contribution in [0, 0.1) is 0 Å². The van der Waals surface area contributed by atoms with Gasteiger partial charge < -0.3 is 4.57 Å². The van der Waals surface area contributed by atoms with E-state index in [0.29, 0.717) is 18.3 Å². The summed E-state index contributed by atoms with van der Waals surface area (Å²) in [5.41, 5.74) is 0. The molecule has 1 fully saturated rings. The van der Waals surface area contributed by atoms with Gasteiger partial charge in [-0.1, -0.05) is 37.1 Å². The Balaban J connectivity index is 1.70. The first-order valence-corrected chi connectivity index (χ1v) is 12.7. The Morgan fingerprint density at radius 2 is 2.12 bits per heavy atom. The number of aromatic nitrogens is 3. The Morgan fingerprint density at radius 3 is 2.81 bits per heavy atom. The fourth-order valence-corrected chi connectivity index (χ4v) is 5.57. The summed E-state index contributed by atoms with van der Waals surface area (Å²) < 4.78 is 28.0. The lowest BCUT2D eigenvalue weighted by Crippen LogP contribution is -2.27. The van der Waals surface area contributed by atoms with Crippen LogP contribution in [0.2, 0.25) is 0 Å². The maximum atomic E-state index is 11.6. The van der Waals surface area contributed by atoms with Crippen molar-refractivity contribution in [3.8, 4) is 0 Å². The van der Waals surface area contributed by atoms with Crippen LogP contribution in [0.25, 0.3) is 0 Å². The fraction of sp³-hybridized carbons (Fsp3) is 0.647. The third-order valence-corrected chi connectivity index (χ3v) is 7.85. The van der Waals surface area contributed by atoms with E-state index in [2.05, 4.69) is 37.0 Å². The highest BCUT2D eigenvalue weighted by Gasteiger charge is 2.23. The molecule has 0 radical (unpaired) electrons. The van der Waals surface area contributed by atoms with Crippen molar-refractivity contribution < 1.29 is 8.42 Å². The SMILES string of the molecule is CCS(=O)(=O)NCCSc1nnc(Cc2cccs2)n1C1CCCCC1. The Morgan fingerprint density at radius 1 is 1.31 bits per heavy atom. The molecule has 2 heterocycles. The van der Waals surface area contributed by atoms with E-state index >= 15 is 0 Å². The average Bonchev–Trinajstić information content (AvgIpc) is 3.30. The third-order valence-electron chi connectivity index (χ3n) is 4.62. The molecule has 1 N–H and O–H groups in total. The average molecular weight is 415 g/mol. The minimum atomic E-state index is -3.14. The van der Waals surface area contributed by atoms with Gasteiger partial charge in [0.15, 0.2) is 5.16 Å². The number of nitrogens with zero attached hydrogens (tertiary/aromatic N) is 3. The molecule has 26 heavy (non-hydrogen) atoms. The number of sulfonamides is 1. The van der Waals surface area contributed by atoms with Gasteiger partial charge in [-0.05, 0) is 31.2 Å². The van der Waals surface area contributed by atoms with Crippen LogP contribution in [0.1, 0.15) is 55.8 Å². The molecule has 2 aromatic rings. The molecule has 3 rings (SSSR count). The molecule has 2 aromatic heterocycles. The highest BCUT2D eigenvalue weighted by Crippen LogP contribution is 2.33. The molecule has 0 spiro atoms. The second-order valence-electron chi connectivity index (χ2n) is 6.46. The summed E-state index contributed by atoms with van der Waals surface area (Å²) >= 11 is 3.34. The second-order valence-corrected chi connectivity index (χ2v) is 10.7. The van der Waals surface area contributed by atoms with E-state index < -0.39 is 10.0 Å². The normalized spacial score (nSPS) is 16.2. The Kier molecular flexibility index (Phi) is 7.13. The lowest BCUT2D eigenvalue weighted by molar-refractivity contribution is 0.330. The molecule has 0 aromatic carbocycles. The highest BCUT2D eigenvalue weighted by molar-refractivity contribution is 7.99. The number of nitrogens with one attached hydrogen (secondary N) is 1. The van der Waals surface area contributed by atoms with E-state index in [-0.39, 0.29) is 5.75 Å². The van der Waals surface area contributed by atoms with Crippen molar-refractivity contribution >= 4 is 33.1 Å². The van der Waals surface area contributed by atoms with Crippen molar-refractivity contribution in [3.63, 3.8) is 0 Å².